The molecule has 20 heavy (non-hydrogen) atoms. The van der Waals surface area contributed by atoms with E-state index in [0.717, 1.165) is 0 Å². The van der Waals surface area contributed by atoms with Gasteiger partial charge >= 0.3 is 0 Å². The van der Waals surface area contributed by atoms with Crippen LogP contribution in [0, 0.1) is 6.92 Å². The number of unbranched alkanes of at least 4 members (excludes halogenated alkanes) is 7. The third kappa shape index (κ3) is 7.04. The van der Waals surface area contributed by atoms with Gasteiger partial charge in [0.15, 0.2) is 0 Å². The number of hydrogen-bond donors (Lipinski definition) is 1. The monoisotopic (exact) mass is 276 g/mol. The Hall–Kier alpha value is -0.890. The molecule has 1 N–H and O–H groups in total. The zero-order chi connectivity index (χ0) is 14.6. The molecule has 1 aromatic heterocycles. The molecule has 0 aliphatic carbocycles. The number of rotatable bonds is 11. The van der Waals surface area contributed by atoms with E-state index in [1.807, 2.05) is 13.2 Å². The maximum absolute atomic E-state index is 4.50. The average molecular weight is 276 g/mol. The highest BCUT2D eigenvalue weighted by Gasteiger charge is 2.09. The first-order valence-corrected chi connectivity index (χ1v) is 8.37. The fourth-order valence-corrected chi connectivity index (χ4v) is 2.67. The quantitative estimate of drug-likeness (QED) is 0.563. The molecule has 0 aromatic carbocycles. The van der Waals surface area contributed by atoms with Gasteiger partial charge in [0, 0.05) is 12.2 Å². The Morgan fingerprint density at radius 1 is 1.05 bits per heavy atom. The molecular weight excluding hydrogens is 244 g/mol. The first kappa shape index (κ1) is 17.2. The second-order valence-corrected chi connectivity index (χ2v) is 5.86. The van der Waals surface area contributed by atoms with Crippen molar-refractivity contribution in [2.45, 2.75) is 77.7 Å². The summed E-state index contributed by atoms with van der Waals surface area (Å²) in [4.78, 5) is 4.50. The Morgan fingerprint density at radius 2 is 1.70 bits per heavy atom. The van der Waals surface area contributed by atoms with Gasteiger partial charge in [-0.25, -0.2) is 0 Å². The molecular formula is C18H32N2. The molecule has 1 heterocycles. The molecule has 0 bridgehead atoms. The van der Waals surface area contributed by atoms with Crippen LogP contribution in [0.5, 0.6) is 0 Å². The van der Waals surface area contributed by atoms with Crippen LogP contribution >= 0.6 is 0 Å². The highest BCUT2D eigenvalue weighted by Crippen LogP contribution is 2.19. The lowest BCUT2D eigenvalue weighted by atomic mass is 10.0. The fraction of sp³-hybridized carbons (Fsp3) is 0.722. The molecule has 1 rings (SSSR count). The van der Waals surface area contributed by atoms with Crippen LogP contribution in [0.2, 0.25) is 0 Å². The molecule has 114 valence electrons. The Bertz CT molecular complexity index is 349. The molecule has 0 fully saturated rings. The van der Waals surface area contributed by atoms with Crippen molar-refractivity contribution in [2.24, 2.45) is 0 Å². The second-order valence-electron chi connectivity index (χ2n) is 5.86. The summed E-state index contributed by atoms with van der Waals surface area (Å²) >= 11 is 0. The van der Waals surface area contributed by atoms with Gasteiger partial charge in [0.2, 0.25) is 0 Å². The van der Waals surface area contributed by atoms with E-state index in [1.165, 1.54) is 69.0 Å². The van der Waals surface area contributed by atoms with Crippen molar-refractivity contribution in [1.29, 1.82) is 0 Å². The number of hydrogen-bond acceptors (Lipinski definition) is 2. The smallest absolute Gasteiger partial charge is 0.0575 e. The number of aromatic nitrogens is 1. The summed E-state index contributed by atoms with van der Waals surface area (Å²) in [6.45, 7) is 4.41. The topological polar surface area (TPSA) is 24.9 Å². The first-order valence-electron chi connectivity index (χ1n) is 8.37. The van der Waals surface area contributed by atoms with Gasteiger partial charge in [-0.15, -0.1) is 0 Å². The van der Waals surface area contributed by atoms with Crippen LogP contribution in [0.15, 0.2) is 18.3 Å². The van der Waals surface area contributed by atoms with Crippen molar-refractivity contribution in [1.82, 2.24) is 10.3 Å². The molecule has 1 unspecified atom stereocenters. The third-order valence-corrected chi connectivity index (χ3v) is 3.99. The molecule has 0 saturated heterocycles. The molecule has 2 heteroatoms. The standard InChI is InChI=1S/C18H32N2/c1-4-5-6-7-8-9-10-11-12-17(19-3)18-15-16(2)13-14-20-18/h13-15,17,19H,4-12H2,1-3H3. The van der Waals surface area contributed by atoms with Crippen molar-refractivity contribution in [3.05, 3.63) is 29.6 Å². The van der Waals surface area contributed by atoms with Crippen molar-refractivity contribution in [2.75, 3.05) is 7.05 Å². The van der Waals surface area contributed by atoms with Crippen molar-refractivity contribution >= 4 is 0 Å². The number of nitrogens with zero attached hydrogens (tertiary/aromatic N) is 1. The lowest BCUT2D eigenvalue weighted by Gasteiger charge is -2.16. The van der Waals surface area contributed by atoms with Gasteiger partial charge in [0.25, 0.3) is 0 Å². The van der Waals surface area contributed by atoms with Crippen LogP contribution in [0.1, 0.15) is 82.0 Å². The molecule has 0 amide bonds. The largest absolute Gasteiger partial charge is 0.312 e. The summed E-state index contributed by atoms with van der Waals surface area (Å²) in [5.41, 5.74) is 2.49. The van der Waals surface area contributed by atoms with Gasteiger partial charge in [0.1, 0.15) is 0 Å². The van der Waals surface area contributed by atoms with Crippen LogP contribution < -0.4 is 5.32 Å². The molecule has 0 radical (unpaired) electrons. The Kier molecular flexibility index (Phi) is 9.31. The van der Waals surface area contributed by atoms with Crippen LogP contribution in [0.25, 0.3) is 0 Å². The van der Waals surface area contributed by atoms with Gasteiger partial charge in [-0.1, -0.05) is 58.3 Å². The number of nitrogens with one attached hydrogen (secondary N) is 1. The molecule has 2 nitrogen and oxygen atoms in total. The maximum atomic E-state index is 4.50. The Labute approximate surface area is 125 Å². The van der Waals surface area contributed by atoms with Crippen LogP contribution in [-0.4, -0.2) is 12.0 Å². The van der Waals surface area contributed by atoms with Gasteiger partial charge < -0.3 is 5.32 Å². The zero-order valence-corrected chi connectivity index (χ0v) is 13.6. The SMILES string of the molecule is CCCCCCCCCCC(NC)c1cc(C)ccn1. The van der Waals surface area contributed by atoms with Crippen molar-refractivity contribution in [3.63, 3.8) is 0 Å². The number of aryl methyl sites for hydroxylation is 1. The molecule has 1 aromatic rings. The minimum absolute atomic E-state index is 0.412. The van der Waals surface area contributed by atoms with Crippen molar-refractivity contribution in [3.8, 4) is 0 Å². The Balaban J connectivity index is 2.16. The summed E-state index contributed by atoms with van der Waals surface area (Å²) in [6.07, 6.45) is 14.2. The van der Waals surface area contributed by atoms with E-state index in [9.17, 15) is 0 Å². The number of pyridine rings is 1. The van der Waals surface area contributed by atoms with Crippen molar-refractivity contribution < 1.29 is 0 Å². The van der Waals surface area contributed by atoms with Crippen LogP contribution in [0.3, 0.4) is 0 Å². The van der Waals surface area contributed by atoms with Gasteiger partial charge in [0.05, 0.1) is 5.69 Å². The summed E-state index contributed by atoms with van der Waals surface area (Å²) < 4.78 is 0. The predicted molar refractivity (Wildman–Crippen MR) is 88.0 cm³/mol. The zero-order valence-electron chi connectivity index (χ0n) is 13.6. The van der Waals surface area contributed by atoms with Gasteiger partial charge in [-0.05, 0) is 38.1 Å². The van der Waals surface area contributed by atoms with E-state index in [4.69, 9.17) is 0 Å². The van der Waals surface area contributed by atoms with Crippen LogP contribution in [0.4, 0.5) is 0 Å². The summed E-state index contributed by atoms with van der Waals surface area (Å²) in [6, 6.07) is 4.67. The summed E-state index contributed by atoms with van der Waals surface area (Å²) in [5.74, 6) is 0. The van der Waals surface area contributed by atoms with E-state index in [-0.39, 0.29) is 0 Å². The second kappa shape index (κ2) is 10.8. The normalized spacial score (nSPS) is 12.6. The fourth-order valence-electron chi connectivity index (χ4n) is 2.67. The minimum atomic E-state index is 0.412. The molecule has 0 spiro atoms. The van der Waals surface area contributed by atoms with E-state index in [2.05, 4.69) is 36.3 Å². The first-order chi connectivity index (χ1) is 9.77. The molecule has 0 saturated carbocycles. The van der Waals surface area contributed by atoms with E-state index in [1.54, 1.807) is 0 Å². The third-order valence-electron chi connectivity index (χ3n) is 3.99. The lowest BCUT2D eigenvalue weighted by Crippen LogP contribution is -2.17. The summed E-state index contributed by atoms with van der Waals surface area (Å²) in [5, 5.41) is 3.40. The lowest BCUT2D eigenvalue weighted by molar-refractivity contribution is 0.486. The highest BCUT2D eigenvalue weighted by molar-refractivity contribution is 5.17. The minimum Gasteiger partial charge on any atom is -0.312 e. The van der Waals surface area contributed by atoms with E-state index in [0.29, 0.717) is 6.04 Å². The highest BCUT2D eigenvalue weighted by atomic mass is 14.9. The molecule has 0 aliphatic heterocycles. The maximum Gasteiger partial charge on any atom is 0.0575 e. The van der Waals surface area contributed by atoms with Gasteiger partial charge in [-0.3, -0.25) is 4.98 Å². The molecule has 1 atom stereocenters. The van der Waals surface area contributed by atoms with Gasteiger partial charge in [-0.2, -0.15) is 0 Å². The predicted octanol–water partition coefficient (Wildman–Crippen LogP) is 5.18. The van der Waals surface area contributed by atoms with E-state index >= 15 is 0 Å². The van der Waals surface area contributed by atoms with E-state index < -0.39 is 0 Å². The average Bonchev–Trinajstić information content (AvgIpc) is 2.46. The Morgan fingerprint density at radius 3 is 2.30 bits per heavy atom. The summed E-state index contributed by atoms with van der Waals surface area (Å²) in [7, 11) is 2.04. The van der Waals surface area contributed by atoms with Crippen LogP contribution in [-0.2, 0) is 0 Å². The molecule has 0 aliphatic rings.